The molecule has 2 aliphatic rings. The van der Waals surface area contributed by atoms with Crippen LogP contribution in [0.4, 0.5) is 18.9 Å². The van der Waals surface area contributed by atoms with Gasteiger partial charge in [-0.25, -0.2) is 13.2 Å². The van der Waals surface area contributed by atoms with Crippen LogP contribution in [0.15, 0.2) is 17.8 Å². The molecule has 1 fully saturated rings. The van der Waals surface area contributed by atoms with Gasteiger partial charge in [0.1, 0.15) is 5.70 Å². The summed E-state index contributed by atoms with van der Waals surface area (Å²) in [5.41, 5.74) is -2.83. The number of nitrogens with one attached hydrogen (secondary N) is 1. The second kappa shape index (κ2) is 7.15. The van der Waals surface area contributed by atoms with Crippen molar-refractivity contribution >= 4 is 30.1 Å². The van der Waals surface area contributed by atoms with Crippen LogP contribution in [-0.4, -0.2) is 53.3 Å². The normalized spacial score (nSPS) is 20.5. The summed E-state index contributed by atoms with van der Waals surface area (Å²) in [5, 5.41) is 11.3. The second-order valence-corrected chi connectivity index (χ2v) is 7.74. The SMILES string of the molecule is CC1(C)OB(c2cc(F)c(F)c(F)c2NC2=CC(=O)N(CCO)C2=O)OC1(C)C. The summed E-state index contributed by atoms with van der Waals surface area (Å²) in [6.45, 7) is 6.19. The van der Waals surface area contributed by atoms with Crippen LogP contribution in [-0.2, 0) is 18.9 Å². The molecule has 0 bridgehead atoms. The number of anilines is 1. The van der Waals surface area contributed by atoms with Crippen LogP contribution < -0.4 is 10.8 Å². The fraction of sp³-hybridized carbons (Fsp3) is 0.444. The smallest absolute Gasteiger partial charge is 0.399 e. The fourth-order valence-corrected chi connectivity index (χ4v) is 2.94. The van der Waals surface area contributed by atoms with Crippen molar-refractivity contribution in [3.63, 3.8) is 0 Å². The van der Waals surface area contributed by atoms with Crippen LogP contribution in [0.5, 0.6) is 0 Å². The lowest BCUT2D eigenvalue weighted by atomic mass is 9.77. The van der Waals surface area contributed by atoms with Crippen molar-refractivity contribution in [3.8, 4) is 0 Å². The van der Waals surface area contributed by atoms with E-state index >= 15 is 0 Å². The molecule has 11 heteroatoms. The lowest BCUT2D eigenvalue weighted by Gasteiger charge is -2.32. The third-order valence-corrected chi connectivity index (χ3v) is 5.29. The maximum Gasteiger partial charge on any atom is 0.497 e. The monoisotopic (exact) mass is 412 g/mol. The van der Waals surface area contributed by atoms with Crippen LogP contribution in [0.25, 0.3) is 0 Å². The zero-order valence-electron chi connectivity index (χ0n) is 16.3. The standard InChI is InChI=1S/C18H20BF3N2O5/c1-17(2)18(3,4)29-19(28-17)9-7-10(20)13(21)14(22)15(9)23-11-8-12(26)24(5-6-25)16(11)27/h7-8,23,25H,5-6H2,1-4H3. The third-order valence-electron chi connectivity index (χ3n) is 5.29. The highest BCUT2D eigenvalue weighted by atomic mass is 19.2. The minimum absolute atomic E-state index is 0.207. The number of halogens is 3. The number of aliphatic hydroxyl groups excluding tert-OH is 1. The molecule has 0 atom stereocenters. The van der Waals surface area contributed by atoms with Gasteiger partial charge in [0.2, 0.25) is 0 Å². The molecule has 0 saturated carbocycles. The van der Waals surface area contributed by atoms with E-state index in [1.54, 1.807) is 27.7 Å². The van der Waals surface area contributed by atoms with E-state index in [-0.39, 0.29) is 17.7 Å². The Morgan fingerprint density at radius 3 is 2.24 bits per heavy atom. The Hall–Kier alpha value is -2.37. The Morgan fingerprint density at radius 2 is 1.69 bits per heavy atom. The number of hydrogen-bond acceptors (Lipinski definition) is 6. The Bertz CT molecular complexity index is 903. The molecule has 1 saturated heterocycles. The first-order valence-electron chi connectivity index (χ1n) is 8.88. The first kappa shape index (κ1) is 21.3. The Labute approximate surface area is 165 Å². The number of amides is 2. The van der Waals surface area contributed by atoms with Crippen LogP contribution in [0.3, 0.4) is 0 Å². The number of aliphatic hydroxyl groups is 1. The second-order valence-electron chi connectivity index (χ2n) is 7.74. The molecule has 2 aliphatic heterocycles. The molecule has 3 rings (SSSR count). The average molecular weight is 412 g/mol. The highest BCUT2D eigenvalue weighted by Crippen LogP contribution is 2.37. The van der Waals surface area contributed by atoms with Gasteiger partial charge >= 0.3 is 7.12 Å². The van der Waals surface area contributed by atoms with E-state index in [1.165, 1.54) is 0 Å². The van der Waals surface area contributed by atoms with Crippen LogP contribution in [0, 0.1) is 17.5 Å². The van der Waals surface area contributed by atoms with Crippen molar-refractivity contribution in [2.24, 2.45) is 0 Å². The predicted molar refractivity (Wildman–Crippen MR) is 97.5 cm³/mol. The zero-order valence-corrected chi connectivity index (χ0v) is 16.3. The molecule has 0 aliphatic carbocycles. The molecule has 0 aromatic heterocycles. The number of carbonyl (C=O) groups excluding carboxylic acids is 2. The molecule has 1 aromatic carbocycles. The van der Waals surface area contributed by atoms with Gasteiger partial charge in [0, 0.05) is 11.5 Å². The molecule has 0 radical (unpaired) electrons. The molecule has 2 N–H and O–H groups in total. The number of benzene rings is 1. The highest BCUT2D eigenvalue weighted by molar-refractivity contribution is 6.64. The van der Waals surface area contributed by atoms with Gasteiger partial charge in [0.25, 0.3) is 11.8 Å². The lowest BCUT2D eigenvalue weighted by molar-refractivity contribution is -0.137. The van der Waals surface area contributed by atoms with Crippen molar-refractivity contribution in [2.45, 2.75) is 38.9 Å². The van der Waals surface area contributed by atoms with Crippen molar-refractivity contribution in [3.05, 3.63) is 35.3 Å². The molecule has 156 valence electrons. The van der Waals surface area contributed by atoms with E-state index in [9.17, 15) is 22.8 Å². The number of rotatable bonds is 5. The Morgan fingerprint density at radius 1 is 1.10 bits per heavy atom. The summed E-state index contributed by atoms with van der Waals surface area (Å²) in [5.74, 6) is -6.36. The Kier molecular flexibility index (Phi) is 5.27. The minimum Gasteiger partial charge on any atom is -0.399 e. The van der Waals surface area contributed by atoms with Crippen molar-refractivity contribution in [2.75, 3.05) is 18.5 Å². The van der Waals surface area contributed by atoms with Gasteiger partial charge in [-0.15, -0.1) is 0 Å². The van der Waals surface area contributed by atoms with E-state index in [1.807, 2.05) is 0 Å². The topological polar surface area (TPSA) is 88.1 Å². The first-order valence-corrected chi connectivity index (χ1v) is 8.88. The zero-order chi connectivity index (χ0) is 21.7. The molecule has 2 heterocycles. The van der Waals surface area contributed by atoms with Crippen LogP contribution in [0.2, 0.25) is 0 Å². The van der Waals surface area contributed by atoms with Crippen LogP contribution in [0.1, 0.15) is 27.7 Å². The average Bonchev–Trinajstić information content (AvgIpc) is 3.01. The number of β-amino-alcohol motifs (C(OH)–C–C–N with tert-alkyl or cyclic N) is 1. The first-order chi connectivity index (χ1) is 13.4. The van der Waals surface area contributed by atoms with Gasteiger partial charge in [0.05, 0.1) is 30.0 Å². The summed E-state index contributed by atoms with van der Waals surface area (Å²) in [4.78, 5) is 24.9. The number of carbonyl (C=O) groups is 2. The van der Waals surface area contributed by atoms with E-state index in [2.05, 4.69) is 5.32 Å². The number of hydrogen-bond donors (Lipinski definition) is 2. The molecular formula is C18H20BF3N2O5. The third kappa shape index (κ3) is 3.54. The summed E-state index contributed by atoms with van der Waals surface area (Å²) >= 11 is 0. The largest absolute Gasteiger partial charge is 0.497 e. The summed E-state index contributed by atoms with van der Waals surface area (Å²) in [6.07, 6.45) is 0.882. The van der Waals surface area contributed by atoms with Gasteiger partial charge in [-0.1, -0.05) is 0 Å². The molecule has 0 unspecified atom stereocenters. The molecule has 7 nitrogen and oxygen atoms in total. The maximum absolute atomic E-state index is 14.6. The van der Waals surface area contributed by atoms with E-state index in [4.69, 9.17) is 14.4 Å². The summed E-state index contributed by atoms with van der Waals surface area (Å²) < 4.78 is 54.0. The number of nitrogens with zero attached hydrogens (tertiary/aromatic N) is 1. The van der Waals surface area contributed by atoms with Crippen molar-refractivity contribution in [1.82, 2.24) is 4.90 Å². The van der Waals surface area contributed by atoms with Gasteiger partial charge < -0.3 is 19.7 Å². The molecule has 1 aromatic rings. The van der Waals surface area contributed by atoms with E-state index in [0.29, 0.717) is 0 Å². The van der Waals surface area contributed by atoms with Gasteiger partial charge in [-0.05, 0) is 33.8 Å². The van der Waals surface area contributed by atoms with Crippen molar-refractivity contribution < 1.29 is 37.2 Å². The Balaban J connectivity index is 2.02. The quantitative estimate of drug-likeness (QED) is 0.427. The summed E-state index contributed by atoms with van der Waals surface area (Å²) in [7, 11) is -1.26. The van der Waals surface area contributed by atoms with E-state index < -0.39 is 59.9 Å². The molecule has 2 amide bonds. The van der Waals surface area contributed by atoms with Gasteiger partial charge in [-0.3, -0.25) is 14.5 Å². The predicted octanol–water partition coefficient (Wildman–Crippen LogP) is 1.06. The maximum atomic E-state index is 14.6. The fourth-order valence-electron chi connectivity index (χ4n) is 2.94. The van der Waals surface area contributed by atoms with Gasteiger partial charge in [-0.2, -0.15) is 0 Å². The number of imide groups is 1. The molecule has 29 heavy (non-hydrogen) atoms. The lowest BCUT2D eigenvalue weighted by Crippen LogP contribution is -2.41. The van der Waals surface area contributed by atoms with E-state index in [0.717, 1.165) is 17.0 Å². The van der Waals surface area contributed by atoms with Gasteiger partial charge in [0.15, 0.2) is 17.5 Å². The molecule has 0 spiro atoms. The van der Waals surface area contributed by atoms with Crippen LogP contribution >= 0.6 is 0 Å². The van der Waals surface area contributed by atoms with Crippen molar-refractivity contribution in [1.29, 1.82) is 0 Å². The molecular weight excluding hydrogens is 392 g/mol. The minimum atomic E-state index is -1.75. The highest BCUT2D eigenvalue weighted by Gasteiger charge is 2.53. The summed E-state index contributed by atoms with van der Waals surface area (Å²) in [6, 6.07) is 0.718.